The number of nitrogens with two attached hydrogens (primary N) is 1. The standard InChI is InChI=1S/C14H16FNO/c15-11-4-5-12-10(6-9-17-12)13(11)14(16)7-2-1-3-8-14/h4-6,9H,1-3,7-8,16H2. The Hall–Kier alpha value is -1.35. The minimum absolute atomic E-state index is 0.205. The third-order valence-electron chi connectivity index (χ3n) is 3.83. The normalized spacial score (nSPS) is 19.6. The molecule has 1 aromatic heterocycles. The van der Waals surface area contributed by atoms with Gasteiger partial charge < -0.3 is 10.2 Å². The highest BCUT2D eigenvalue weighted by atomic mass is 19.1. The summed E-state index contributed by atoms with van der Waals surface area (Å²) in [5.41, 5.74) is 7.26. The number of fused-ring (bicyclic) bond motifs is 1. The fourth-order valence-electron chi connectivity index (χ4n) is 2.96. The molecule has 3 rings (SSSR count). The molecule has 2 N–H and O–H groups in total. The van der Waals surface area contributed by atoms with E-state index in [1.165, 1.54) is 12.5 Å². The molecule has 1 aliphatic rings. The second kappa shape index (κ2) is 3.84. The summed E-state index contributed by atoms with van der Waals surface area (Å²) in [6.07, 6.45) is 6.65. The highest BCUT2D eigenvalue weighted by molar-refractivity contribution is 5.82. The summed E-state index contributed by atoms with van der Waals surface area (Å²) in [6, 6.07) is 4.95. The number of hydrogen-bond acceptors (Lipinski definition) is 2. The Morgan fingerprint density at radius 1 is 1.12 bits per heavy atom. The van der Waals surface area contributed by atoms with Crippen LogP contribution in [0, 0.1) is 5.82 Å². The molecule has 0 radical (unpaired) electrons. The summed E-state index contributed by atoms with van der Waals surface area (Å²) >= 11 is 0. The minimum atomic E-state index is -0.522. The maximum absolute atomic E-state index is 14.1. The summed E-state index contributed by atoms with van der Waals surface area (Å²) in [5, 5.41) is 0.828. The van der Waals surface area contributed by atoms with Crippen molar-refractivity contribution in [1.29, 1.82) is 0 Å². The van der Waals surface area contributed by atoms with Gasteiger partial charge in [-0.2, -0.15) is 0 Å². The maximum atomic E-state index is 14.1. The molecule has 3 heteroatoms. The molecule has 0 amide bonds. The molecular formula is C14H16FNO. The van der Waals surface area contributed by atoms with Crippen molar-refractivity contribution >= 4 is 11.0 Å². The average Bonchev–Trinajstić information content (AvgIpc) is 2.77. The Labute approximate surface area is 99.6 Å². The van der Waals surface area contributed by atoms with E-state index in [1.54, 1.807) is 12.3 Å². The van der Waals surface area contributed by atoms with Crippen LogP contribution in [-0.2, 0) is 5.54 Å². The fourth-order valence-corrected chi connectivity index (χ4v) is 2.96. The predicted octanol–water partition coefficient (Wildman–Crippen LogP) is 3.69. The van der Waals surface area contributed by atoms with Crippen molar-refractivity contribution < 1.29 is 8.81 Å². The molecule has 1 fully saturated rings. The number of rotatable bonds is 1. The molecule has 90 valence electrons. The highest BCUT2D eigenvalue weighted by Crippen LogP contribution is 2.39. The predicted molar refractivity (Wildman–Crippen MR) is 65.1 cm³/mol. The van der Waals surface area contributed by atoms with Crippen molar-refractivity contribution in [2.24, 2.45) is 5.73 Å². The number of furan rings is 1. The Morgan fingerprint density at radius 2 is 1.88 bits per heavy atom. The van der Waals surface area contributed by atoms with E-state index in [0.717, 1.165) is 36.7 Å². The molecule has 2 aromatic rings. The van der Waals surface area contributed by atoms with Crippen molar-refractivity contribution in [3.05, 3.63) is 35.8 Å². The first-order valence-corrected chi connectivity index (χ1v) is 6.16. The van der Waals surface area contributed by atoms with E-state index < -0.39 is 5.54 Å². The molecule has 1 aliphatic carbocycles. The first kappa shape index (κ1) is 10.8. The van der Waals surface area contributed by atoms with Crippen molar-refractivity contribution in [2.45, 2.75) is 37.6 Å². The van der Waals surface area contributed by atoms with Crippen LogP contribution >= 0.6 is 0 Å². The molecule has 1 aromatic carbocycles. The molecule has 1 saturated carbocycles. The Morgan fingerprint density at radius 3 is 2.65 bits per heavy atom. The largest absolute Gasteiger partial charge is 0.464 e. The van der Waals surface area contributed by atoms with Crippen molar-refractivity contribution in [3.63, 3.8) is 0 Å². The quantitative estimate of drug-likeness (QED) is 0.815. The second-order valence-electron chi connectivity index (χ2n) is 4.97. The van der Waals surface area contributed by atoms with Crippen LogP contribution < -0.4 is 5.73 Å². The van der Waals surface area contributed by atoms with Gasteiger partial charge in [0.1, 0.15) is 11.4 Å². The van der Waals surface area contributed by atoms with E-state index in [4.69, 9.17) is 10.2 Å². The fraction of sp³-hybridized carbons (Fsp3) is 0.429. The van der Waals surface area contributed by atoms with E-state index in [2.05, 4.69) is 0 Å². The molecule has 0 bridgehead atoms. The zero-order valence-electron chi connectivity index (χ0n) is 9.71. The van der Waals surface area contributed by atoms with E-state index in [9.17, 15) is 4.39 Å². The van der Waals surface area contributed by atoms with Gasteiger partial charge in [-0.25, -0.2) is 4.39 Å². The molecule has 17 heavy (non-hydrogen) atoms. The summed E-state index contributed by atoms with van der Waals surface area (Å²) in [4.78, 5) is 0. The van der Waals surface area contributed by atoms with Gasteiger partial charge in [-0.05, 0) is 31.0 Å². The molecule has 0 saturated heterocycles. The van der Waals surface area contributed by atoms with Crippen LogP contribution in [-0.4, -0.2) is 0 Å². The van der Waals surface area contributed by atoms with Crippen LogP contribution in [0.5, 0.6) is 0 Å². The third kappa shape index (κ3) is 1.65. The van der Waals surface area contributed by atoms with Gasteiger partial charge in [-0.1, -0.05) is 19.3 Å². The van der Waals surface area contributed by atoms with E-state index in [0.29, 0.717) is 5.56 Å². The summed E-state index contributed by atoms with van der Waals surface area (Å²) < 4.78 is 19.4. The Balaban J connectivity index is 2.20. The smallest absolute Gasteiger partial charge is 0.134 e. The van der Waals surface area contributed by atoms with Crippen LogP contribution in [0.1, 0.15) is 37.7 Å². The van der Waals surface area contributed by atoms with Crippen LogP contribution in [0.15, 0.2) is 28.9 Å². The number of hydrogen-bond donors (Lipinski definition) is 1. The second-order valence-corrected chi connectivity index (χ2v) is 4.97. The molecule has 0 aliphatic heterocycles. The maximum Gasteiger partial charge on any atom is 0.134 e. The lowest BCUT2D eigenvalue weighted by Crippen LogP contribution is -2.39. The first-order chi connectivity index (χ1) is 8.21. The lowest BCUT2D eigenvalue weighted by molar-refractivity contribution is 0.295. The highest BCUT2D eigenvalue weighted by Gasteiger charge is 2.33. The van der Waals surface area contributed by atoms with Crippen LogP contribution in [0.25, 0.3) is 11.0 Å². The van der Waals surface area contributed by atoms with Gasteiger partial charge in [0.2, 0.25) is 0 Å². The van der Waals surface area contributed by atoms with Crippen molar-refractivity contribution in [2.75, 3.05) is 0 Å². The topological polar surface area (TPSA) is 39.2 Å². The van der Waals surface area contributed by atoms with Gasteiger partial charge in [-0.3, -0.25) is 0 Å². The van der Waals surface area contributed by atoms with Crippen LogP contribution in [0.4, 0.5) is 4.39 Å². The molecular weight excluding hydrogens is 217 g/mol. The third-order valence-corrected chi connectivity index (χ3v) is 3.83. The SMILES string of the molecule is NC1(c2c(F)ccc3occc23)CCCCC1. The van der Waals surface area contributed by atoms with Crippen LogP contribution in [0.3, 0.4) is 0 Å². The molecule has 0 atom stereocenters. The number of halogens is 1. The van der Waals surface area contributed by atoms with Crippen LogP contribution in [0.2, 0.25) is 0 Å². The van der Waals surface area contributed by atoms with Gasteiger partial charge in [0.05, 0.1) is 6.26 Å². The van der Waals surface area contributed by atoms with E-state index >= 15 is 0 Å². The molecule has 2 nitrogen and oxygen atoms in total. The minimum Gasteiger partial charge on any atom is -0.464 e. The van der Waals surface area contributed by atoms with Gasteiger partial charge in [0.15, 0.2) is 0 Å². The monoisotopic (exact) mass is 233 g/mol. The molecule has 0 unspecified atom stereocenters. The molecule has 0 spiro atoms. The van der Waals surface area contributed by atoms with E-state index in [-0.39, 0.29) is 5.82 Å². The number of benzene rings is 1. The van der Waals surface area contributed by atoms with Gasteiger partial charge in [-0.15, -0.1) is 0 Å². The zero-order valence-corrected chi connectivity index (χ0v) is 9.71. The van der Waals surface area contributed by atoms with Gasteiger partial charge in [0.25, 0.3) is 0 Å². The van der Waals surface area contributed by atoms with Crippen molar-refractivity contribution in [1.82, 2.24) is 0 Å². The van der Waals surface area contributed by atoms with Gasteiger partial charge >= 0.3 is 0 Å². The summed E-state index contributed by atoms with van der Waals surface area (Å²) in [5.74, 6) is -0.205. The lowest BCUT2D eigenvalue weighted by Gasteiger charge is -2.34. The Kier molecular flexibility index (Phi) is 2.44. The first-order valence-electron chi connectivity index (χ1n) is 6.16. The Bertz CT molecular complexity index is 540. The van der Waals surface area contributed by atoms with E-state index in [1.807, 2.05) is 6.07 Å². The van der Waals surface area contributed by atoms with Gasteiger partial charge in [0, 0.05) is 16.5 Å². The summed E-state index contributed by atoms with van der Waals surface area (Å²) in [6.45, 7) is 0. The average molecular weight is 233 g/mol. The zero-order chi connectivity index (χ0) is 11.9. The lowest BCUT2D eigenvalue weighted by atomic mass is 9.76. The molecule has 1 heterocycles. The summed E-state index contributed by atoms with van der Waals surface area (Å²) in [7, 11) is 0. The van der Waals surface area contributed by atoms with Crippen molar-refractivity contribution in [3.8, 4) is 0 Å².